The molecule has 1 aromatic carbocycles. The lowest BCUT2D eigenvalue weighted by Crippen LogP contribution is -2.27. The zero-order valence-electron chi connectivity index (χ0n) is 11.1. The van der Waals surface area contributed by atoms with E-state index in [-0.39, 0.29) is 6.42 Å². The molecule has 0 unspecified atom stereocenters. The maximum atomic E-state index is 13.6. The summed E-state index contributed by atoms with van der Waals surface area (Å²) in [6, 6.07) is 4.25. The Labute approximate surface area is 116 Å². The van der Waals surface area contributed by atoms with Crippen LogP contribution in [-0.2, 0) is 16.6 Å². The molecule has 6 nitrogen and oxygen atoms in total. The van der Waals surface area contributed by atoms with Crippen molar-refractivity contribution in [1.29, 1.82) is 0 Å². The van der Waals surface area contributed by atoms with Crippen LogP contribution in [0.5, 0.6) is 0 Å². The number of nitrogens with two attached hydrogens (primary N) is 1. The molecule has 2 N–H and O–H groups in total. The van der Waals surface area contributed by atoms with E-state index in [0.717, 1.165) is 8.28 Å². The number of nitrogens with zero attached hydrogens (tertiary/aromatic N) is 3. The van der Waals surface area contributed by atoms with Crippen LogP contribution >= 0.6 is 0 Å². The lowest BCUT2D eigenvalue weighted by molar-refractivity contribution is 0.510. The predicted molar refractivity (Wildman–Crippen MR) is 73.9 cm³/mol. The van der Waals surface area contributed by atoms with E-state index in [0.29, 0.717) is 16.9 Å². The fraction of sp³-hybridized carbons (Fsp3) is 0.250. The smallest absolute Gasteiger partial charge is 0.308 e. The first-order valence-corrected chi connectivity index (χ1v) is 7.20. The number of halogens is 1. The minimum atomic E-state index is -3.60. The number of anilines is 1. The molecule has 2 aromatic rings. The molecule has 0 saturated heterocycles. The maximum absolute atomic E-state index is 13.6. The van der Waals surface area contributed by atoms with Gasteiger partial charge >= 0.3 is 10.2 Å². The van der Waals surface area contributed by atoms with E-state index >= 15 is 0 Å². The molecule has 0 amide bonds. The third-order valence-electron chi connectivity index (χ3n) is 2.78. The van der Waals surface area contributed by atoms with Crippen LogP contribution in [-0.4, -0.2) is 35.8 Å². The molecule has 1 heterocycles. The second-order valence-electron chi connectivity index (χ2n) is 4.51. The molecule has 1 aromatic heterocycles. The molecule has 0 aliphatic carbocycles. The van der Waals surface area contributed by atoms with Crippen molar-refractivity contribution < 1.29 is 12.8 Å². The van der Waals surface area contributed by atoms with Crippen LogP contribution in [0, 0.1) is 5.82 Å². The number of rotatable bonds is 4. The van der Waals surface area contributed by atoms with Gasteiger partial charge in [0, 0.05) is 32.4 Å². The van der Waals surface area contributed by atoms with Gasteiger partial charge in [-0.05, 0) is 23.8 Å². The van der Waals surface area contributed by atoms with E-state index in [2.05, 4.69) is 4.98 Å². The highest BCUT2D eigenvalue weighted by atomic mass is 32.2. The van der Waals surface area contributed by atoms with Gasteiger partial charge in [0.1, 0.15) is 12.1 Å². The summed E-state index contributed by atoms with van der Waals surface area (Å²) in [6.45, 7) is 0. The van der Waals surface area contributed by atoms with Crippen molar-refractivity contribution in [3.05, 3.63) is 47.8 Å². The molecule has 20 heavy (non-hydrogen) atoms. The number of hydrogen-bond acceptors (Lipinski definition) is 4. The normalized spacial score (nSPS) is 12.0. The number of imidazole rings is 1. The molecular weight excluding hydrogens is 283 g/mol. The molecule has 2 rings (SSSR count). The first-order chi connectivity index (χ1) is 9.30. The molecule has 0 aliphatic heterocycles. The van der Waals surface area contributed by atoms with Gasteiger partial charge in [0.2, 0.25) is 0 Å². The molecule has 8 heteroatoms. The Bertz CT molecular complexity index is 725. The topological polar surface area (TPSA) is 81.2 Å². The molecule has 0 saturated carbocycles. The average Bonchev–Trinajstić information content (AvgIpc) is 2.83. The standard InChI is InChI=1S/C12H15FN4O2S/c1-16(2)20(18,19)17-7-11(15-8-17)6-9-5-10(14)3-4-12(9)13/h3-5,7-8H,6,14H2,1-2H3. The van der Waals surface area contributed by atoms with Crippen LogP contribution in [0.4, 0.5) is 10.1 Å². The van der Waals surface area contributed by atoms with Gasteiger partial charge in [-0.15, -0.1) is 0 Å². The van der Waals surface area contributed by atoms with Crippen molar-refractivity contribution in [2.45, 2.75) is 6.42 Å². The zero-order valence-corrected chi connectivity index (χ0v) is 11.9. The third-order valence-corrected chi connectivity index (χ3v) is 4.44. The Morgan fingerprint density at radius 1 is 1.40 bits per heavy atom. The summed E-state index contributed by atoms with van der Waals surface area (Å²) >= 11 is 0. The largest absolute Gasteiger partial charge is 0.399 e. The molecule has 0 atom stereocenters. The highest BCUT2D eigenvalue weighted by molar-refractivity contribution is 7.87. The second-order valence-corrected chi connectivity index (χ2v) is 6.56. The Morgan fingerprint density at radius 2 is 2.10 bits per heavy atom. The van der Waals surface area contributed by atoms with Crippen molar-refractivity contribution >= 4 is 15.9 Å². The Balaban J connectivity index is 2.29. The molecule has 0 aliphatic rings. The summed E-state index contributed by atoms with van der Waals surface area (Å²) in [7, 11) is -0.751. The number of hydrogen-bond donors (Lipinski definition) is 1. The van der Waals surface area contributed by atoms with E-state index in [4.69, 9.17) is 5.73 Å². The van der Waals surface area contributed by atoms with Gasteiger partial charge in [-0.3, -0.25) is 0 Å². The Kier molecular flexibility index (Phi) is 3.78. The van der Waals surface area contributed by atoms with Crippen molar-refractivity contribution in [2.75, 3.05) is 19.8 Å². The van der Waals surface area contributed by atoms with Crippen molar-refractivity contribution in [3.8, 4) is 0 Å². The van der Waals surface area contributed by atoms with Crippen LogP contribution < -0.4 is 5.73 Å². The highest BCUT2D eigenvalue weighted by Crippen LogP contribution is 2.16. The summed E-state index contributed by atoms with van der Waals surface area (Å²) in [5, 5.41) is 0. The molecule has 0 radical (unpaired) electrons. The van der Waals surface area contributed by atoms with Gasteiger partial charge in [-0.1, -0.05) is 0 Å². The number of aromatic nitrogens is 2. The van der Waals surface area contributed by atoms with Gasteiger partial charge in [0.15, 0.2) is 0 Å². The van der Waals surface area contributed by atoms with E-state index in [1.54, 1.807) is 0 Å². The number of nitrogen functional groups attached to an aromatic ring is 1. The minimum absolute atomic E-state index is 0.173. The van der Waals surface area contributed by atoms with Crippen molar-refractivity contribution in [2.24, 2.45) is 0 Å². The fourth-order valence-electron chi connectivity index (χ4n) is 1.68. The van der Waals surface area contributed by atoms with E-state index in [1.165, 1.54) is 44.8 Å². The monoisotopic (exact) mass is 298 g/mol. The molecular formula is C12H15FN4O2S. The maximum Gasteiger partial charge on any atom is 0.308 e. The van der Waals surface area contributed by atoms with E-state index < -0.39 is 16.0 Å². The minimum Gasteiger partial charge on any atom is -0.399 e. The summed E-state index contributed by atoms with van der Waals surface area (Å²) in [4.78, 5) is 3.98. The lowest BCUT2D eigenvalue weighted by atomic mass is 10.1. The quantitative estimate of drug-likeness (QED) is 0.848. The Hall–Kier alpha value is -1.93. The second kappa shape index (κ2) is 5.22. The zero-order chi connectivity index (χ0) is 14.9. The van der Waals surface area contributed by atoms with E-state index in [9.17, 15) is 12.8 Å². The van der Waals surface area contributed by atoms with E-state index in [1.807, 2.05) is 0 Å². The van der Waals surface area contributed by atoms with Gasteiger partial charge < -0.3 is 5.73 Å². The molecule has 108 valence electrons. The fourth-order valence-corrected chi connectivity index (χ4v) is 2.47. The molecule has 0 fully saturated rings. The SMILES string of the molecule is CN(C)S(=O)(=O)n1cnc(Cc2cc(N)ccc2F)c1. The highest BCUT2D eigenvalue weighted by Gasteiger charge is 2.17. The Morgan fingerprint density at radius 3 is 2.75 bits per heavy atom. The van der Waals surface area contributed by atoms with Crippen LogP contribution in [0.2, 0.25) is 0 Å². The van der Waals surface area contributed by atoms with Gasteiger partial charge in [0.25, 0.3) is 0 Å². The van der Waals surface area contributed by atoms with Crippen LogP contribution in [0.1, 0.15) is 11.3 Å². The predicted octanol–water partition coefficient (Wildman–Crippen LogP) is 0.850. The summed E-state index contributed by atoms with van der Waals surface area (Å²) < 4.78 is 39.4. The summed E-state index contributed by atoms with van der Waals surface area (Å²) in [5.74, 6) is -0.399. The summed E-state index contributed by atoms with van der Waals surface area (Å²) in [6.07, 6.45) is 2.72. The first-order valence-electron chi connectivity index (χ1n) is 5.80. The van der Waals surface area contributed by atoms with Crippen LogP contribution in [0.3, 0.4) is 0 Å². The van der Waals surface area contributed by atoms with Crippen molar-refractivity contribution in [1.82, 2.24) is 13.3 Å². The van der Waals surface area contributed by atoms with Crippen molar-refractivity contribution in [3.63, 3.8) is 0 Å². The van der Waals surface area contributed by atoms with Gasteiger partial charge in [-0.2, -0.15) is 12.7 Å². The van der Waals surface area contributed by atoms with Crippen LogP contribution in [0.15, 0.2) is 30.7 Å². The lowest BCUT2D eigenvalue weighted by Gasteiger charge is -2.10. The first kappa shape index (κ1) is 14.5. The molecule has 0 bridgehead atoms. The van der Waals surface area contributed by atoms with Gasteiger partial charge in [0.05, 0.1) is 5.69 Å². The molecule has 0 spiro atoms. The van der Waals surface area contributed by atoms with Gasteiger partial charge in [-0.25, -0.2) is 13.3 Å². The van der Waals surface area contributed by atoms with Crippen LogP contribution in [0.25, 0.3) is 0 Å². The third kappa shape index (κ3) is 2.81. The summed E-state index contributed by atoms with van der Waals surface area (Å²) in [5.41, 5.74) is 6.86. The average molecular weight is 298 g/mol. The number of benzene rings is 1.